The third-order valence-corrected chi connectivity index (χ3v) is 4.13. The van der Waals surface area contributed by atoms with Gasteiger partial charge in [0.2, 0.25) is 0 Å². The van der Waals surface area contributed by atoms with E-state index in [2.05, 4.69) is 20.9 Å². The summed E-state index contributed by atoms with van der Waals surface area (Å²) in [5.41, 5.74) is 1.64. The fourth-order valence-electron chi connectivity index (χ4n) is 2.54. The Hall–Kier alpha value is -2.64. The van der Waals surface area contributed by atoms with Gasteiger partial charge >= 0.3 is 6.03 Å². The molecule has 3 N–H and O–H groups in total. The molecule has 0 aliphatic carbocycles. The van der Waals surface area contributed by atoms with Crippen molar-refractivity contribution in [2.75, 3.05) is 23.8 Å². The van der Waals surface area contributed by atoms with E-state index in [1.807, 2.05) is 0 Å². The van der Waals surface area contributed by atoms with Crippen LogP contribution >= 0.6 is 11.6 Å². The summed E-state index contributed by atoms with van der Waals surface area (Å²) in [6.07, 6.45) is 3.51. The third-order valence-electron chi connectivity index (χ3n) is 3.90. The molecule has 136 valence electrons. The van der Waals surface area contributed by atoms with E-state index in [0.29, 0.717) is 28.6 Å². The van der Waals surface area contributed by atoms with Crippen LogP contribution in [0.3, 0.4) is 0 Å². The Labute approximate surface area is 156 Å². The van der Waals surface area contributed by atoms with Crippen LogP contribution in [0.2, 0.25) is 5.15 Å². The van der Waals surface area contributed by atoms with Gasteiger partial charge in [0.25, 0.3) is 5.91 Å². The third kappa shape index (κ3) is 5.18. The first kappa shape index (κ1) is 18.2. The number of nitrogens with one attached hydrogen (secondary N) is 3. The summed E-state index contributed by atoms with van der Waals surface area (Å²) in [7, 11) is 0. The molecule has 1 aliphatic heterocycles. The van der Waals surface area contributed by atoms with Crippen molar-refractivity contribution in [2.24, 2.45) is 0 Å². The number of rotatable bonds is 5. The zero-order chi connectivity index (χ0) is 18.4. The van der Waals surface area contributed by atoms with Crippen molar-refractivity contribution >= 4 is 34.9 Å². The number of carbonyl (C=O) groups excluding carboxylic acids is 2. The van der Waals surface area contributed by atoms with Crippen molar-refractivity contribution in [3.05, 3.63) is 53.3 Å². The van der Waals surface area contributed by atoms with E-state index in [1.165, 1.54) is 6.20 Å². The Balaban J connectivity index is 1.48. The maximum Gasteiger partial charge on any atom is 0.319 e. The van der Waals surface area contributed by atoms with Crippen molar-refractivity contribution < 1.29 is 14.3 Å². The molecule has 0 saturated carbocycles. The number of amides is 3. The lowest BCUT2D eigenvalue weighted by Gasteiger charge is -2.12. The van der Waals surface area contributed by atoms with E-state index in [9.17, 15) is 9.59 Å². The van der Waals surface area contributed by atoms with Crippen LogP contribution in [0.1, 0.15) is 23.2 Å². The van der Waals surface area contributed by atoms with Gasteiger partial charge in [0.05, 0.1) is 11.7 Å². The monoisotopic (exact) mass is 374 g/mol. The number of pyridine rings is 1. The lowest BCUT2D eigenvalue weighted by Crippen LogP contribution is -2.35. The number of nitrogens with zero attached hydrogens (tertiary/aromatic N) is 1. The van der Waals surface area contributed by atoms with Crippen LogP contribution in [0.25, 0.3) is 0 Å². The molecule has 0 spiro atoms. The predicted octanol–water partition coefficient (Wildman–Crippen LogP) is 3.29. The standard InChI is InChI=1S/C18H19ClN4O3/c19-16-8-3-12(10-20-16)17(24)22-13-4-6-14(7-5-13)23-18(25)21-11-15-2-1-9-26-15/h3-8,10,15H,1-2,9,11H2,(H,22,24)(H2,21,23,25). The van der Waals surface area contributed by atoms with Crippen molar-refractivity contribution in [3.8, 4) is 0 Å². The second kappa shape index (κ2) is 8.64. The minimum atomic E-state index is -0.288. The van der Waals surface area contributed by atoms with Crippen LogP contribution in [0.15, 0.2) is 42.6 Å². The van der Waals surface area contributed by atoms with E-state index in [0.717, 1.165) is 19.4 Å². The van der Waals surface area contributed by atoms with Crippen LogP contribution in [0.5, 0.6) is 0 Å². The van der Waals surface area contributed by atoms with Crippen LogP contribution in [-0.4, -0.2) is 36.2 Å². The first-order valence-corrected chi connectivity index (χ1v) is 8.67. The molecule has 1 unspecified atom stereocenters. The molecular formula is C18H19ClN4O3. The fourth-order valence-corrected chi connectivity index (χ4v) is 2.65. The molecule has 0 radical (unpaired) electrons. The number of hydrogen-bond acceptors (Lipinski definition) is 4. The minimum absolute atomic E-state index is 0.0979. The smallest absolute Gasteiger partial charge is 0.319 e. The Morgan fingerprint density at radius 1 is 1.12 bits per heavy atom. The topological polar surface area (TPSA) is 92.4 Å². The average Bonchev–Trinajstić information content (AvgIpc) is 3.16. The largest absolute Gasteiger partial charge is 0.376 e. The number of urea groups is 1. The van der Waals surface area contributed by atoms with E-state index < -0.39 is 0 Å². The molecule has 1 saturated heterocycles. The molecule has 2 heterocycles. The molecule has 7 nitrogen and oxygen atoms in total. The molecule has 2 aromatic rings. The molecule has 1 aliphatic rings. The highest BCUT2D eigenvalue weighted by Crippen LogP contribution is 2.15. The Morgan fingerprint density at radius 2 is 1.85 bits per heavy atom. The summed E-state index contributed by atoms with van der Waals surface area (Å²) in [5.74, 6) is -0.288. The van der Waals surface area contributed by atoms with E-state index in [-0.39, 0.29) is 18.0 Å². The molecule has 0 bridgehead atoms. The molecule has 3 rings (SSSR count). The number of benzene rings is 1. The Morgan fingerprint density at radius 3 is 2.46 bits per heavy atom. The molecule has 26 heavy (non-hydrogen) atoms. The number of hydrogen-bond donors (Lipinski definition) is 3. The van der Waals surface area contributed by atoms with Gasteiger partial charge in [-0.2, -0.15) is 0 Å². The van der Waals surface area contributed by atoms with Gasteiger partial charge in [-0.15, -0.1) is 0 Å². The Kier molecular flexibility index (Phi) is 6.04. The number of aromatic nitrogens is 1. The van der Waals surface area contributed by atoms with Gasteiger partial charge in [-0.25, -0.2) is 9.78 Å². The first-order valence-electron chi connectivity index (χ1n) is 8.29. The molecule has 1 aromatic heterocycles. The van der Waals surface area contributed by atoms with Gasteiger partial charge in [-0.05, 0) is 49.2 Å². The summed E-state index contributed by atoms with van der Waals surface area (Å²) in [5, 5.41) is 8.61. The number of carbonyl (C=O) groups is 2. The highest BCUT2D eigenvalue weighted by Gasteiger charge is 2.16. The summed E-state index contributed by atoms with van der Waals surface area (Å²) in [6, 6.07) is 9.69. The summed E-state index contributed by atoms with van der Waals surface area (Å²) < 4.78 is 5.45. The molecule has 1 atom stereocenters. The van der Waals surface area contributed by atoms with Crippen LogP contribution in [-0.2, 0) is 4.74 Å². The van der Waals surface area contributed by atoms with Gasteiger partial charge in [0.1, 0.15) is 5.15 Å². The average molecular weight is 375 g/mol. The second-order valence-electron chi connectivity index (χ2n) is 5.87. The summed E-state index contributed by atoms with van der Waals surface area (Å²) in [6.45, 7) is 1.25. The number of ether oxygens (including phenoxy) is 1. The lowest BCUT2D eigenvalue weighted by molar-refractivity contribution is 0.102. The van der Waals surface area contributed by atoms with Gasteiger partial charge < -0.3 is 20.7 Å². The van der Waals surface area contributed by atoms with Gasteiger partial charge in [-0.1, -0.05) is 11.6 Å². The van der Waals surface area contributed by atoms with Crippen LogP contribution in [0, 0.1) is 0 Å². The van der Waals surface area contributed by atoms with Crippen molar-refractivity contribution in [3.63, 3.8) is 0 Å². The Bertz CT molecular complexity index is 759. The predicted molar refractivity (Wildman–Crippen MR) is 99.6 cm³/mol. The van der Waals surface area contributed by atoms with E-state index >= 15 is 0 Å². The zero-order valence-electron chi connectivity index (χ0n) is 14.0. The number of anilines is 2. The maximum atomic E-state index is 12.1. The SMILES string of the molecule is O=C(NCC1CCCO1)Nc1ccc(NC(=O)c2ccc(Cl)nc2)cc1. The quantitative estimate of drug-likeness (QED) is 0.700. The molecule has 8 heteroatoms. The highest BCUT2D eigenvalue weighted by molar-refractivity contribution is 6.29. The lowest BCUT2D eigenvalue weighted by atomic mass is 10.2. The summed E-state index contributed by atoms with van der Waals surface area (Å²) >= 11 is 5.71. The second-order valence-corrected chi connectivity index (χ2v) is 6.26. The van der Waals surface area contributed by atoms with Crippen molar-refractivity contribution in [1.29, 1.82) is 0 Å². The van der Waals surface area contributed by atoms with Gasteiger partial charge in [0.15, 0.2) is 0 Å². The van der Waals surface area contributed by atoms with Crippen LogP contribution in [0.4, 0.5) is 16.2 Å². The summed E-state index contributed by atoms with van der Waals surface area (Å²) in [4.78, 5) is 27.9. The number of halogens is 1. The maximum absolute atomic E-state index is 12.1. The van der Waals surface area contributed by atoms with E-state index in [1.54, 1.807) is 36.4 Å². The molecule has 1 fully saturated rings. The molecule has 3 amide bonds. The van der Waals surface area contributed by atoms with Gasteiger partial charge in [-0.3, -0.25) is 4.79 Å². The normalized spacial score (nSPS) is 16.1. The van der Waals surface area contributed by atoms with Crippen molar-refractivity contribution in [2.45, 2.75) is 18.9 Å². The molecular weight excluding hydrogens is 356 g/mol. The zero-order valence-corrected chi connectivity index (χ0v) is 14.8. The fraction of sp³-hybridized carbons (Fsp3) is 0.278. The minimum Gasteiger partial charge on any atom is -0.376 e. The van der Waals surface area contributed by atoms with Gasteiger partial charge in [0, 0.05) is 30.7 Å². The molecule has 1 aromatic carbocycles. The highest BCUT2D eigenvalue weighted by atomic mass is 35.5. The van der Waals surface area contributed by atoms with Crippen LogP contribution < -0.4 is 16.0 Å². The van der Waals surface area contributed by atoms with Crippen molar-refractivity contribution in [1.82, 2.24) is 10.3 Å². The van der Waals surface area contributed by atoms with E-state index in [4.69, 9.17) is 16.3 Å². The first-order chi connectivity index (χ1) is 12.6.